The number of hydrogen-bond donors (Lipinski definition) is 2. The minimum Gasteiger partial charge on any atom is -0.384 e. The van der Waals surface area contributed by atoms with Crippen molar-refractivity contribution in [1.29, 1.82) is 5.41 Å². The van der Waals surface area contributed by atoms with E-state index in [-0.39, 0.29) is 17.2 Å². The molecular formula is C12H15F3N4S. The zero-order chi connectivity index (χ0) is 14.8. The predicted octanol–water partition coefficient (Wildman–Crippen LogP) is 2.33. The number of anilines is 1. The molecule has 20 heavy (non-hydrogen) atoms. The minimum atomic E-state index is -4.50. The van der Waals surface area contributed by atoms with Gasteiger partial charge in [0.1, 0.15) is 17.3 Å². The normalized spacial score (nSPS) is 16.9. The van der Waals surface area contributed by atoms with Gasteiger partial charge in [-0.2, -0.15) is 24.9 Å². The molecule has 1 aromatic heterocycles. The van der Waals surface area contributed by atoms with Crippen LogP contribution in [0.15, 0.2) is 12.1 Å². The van der Waals surface area contributed by atoms with Crippen LogP contribution in [0.2, 0.25) is 0 Å². The molecule has 110 valence electrons. The fraction of sp³-hybridized carbons (Fsp3) is 0.500. The van der Waals surface area contributed by atoms with Gasteiger partial charge in [-0.15, -0.1) is 0 Å². The molecule has 1 aromatic rings. The first-order chi connectivity index (χ1) is 9.39. The van der Waals surface area contributed by atoms with Crippen LogP contribution in [0.4, 0.5) is 19.0 Å². The molecule has 0 spiro atoms. The summed E-state index contributed by atoms with van der Waals surface area (Å²) in [5.41, 5.74) is 4.75. The molecule has 1 fully saturated rings. The van der Waals surface area contributed by atoms with Gasteiger partial charge in [0.25, 0.3) is 0 Å². The molecule has 0 radical (unpaired) electrons. The standard InChI is InChI=1S/C12H15F3N4S/c13-12(14,15)9-3-2-8(10(16)17)11(18-9)19-4-1-6-20-7-5-19/h2-3H,1,4-7H2,(H3,16,17). The Labute approximate surface area is 119 Å². The van der Waals surface area contributed by atoms with Gasteiger partial charge in [-0.1, -0.05) is 0 Å². The first-order valence-corrected chi connectivity index (χ1v) is 7.30. The van der Waals surface area contributed by atoms with E-state index in [2.05, 4.69) is 4.98 Å². The number of alkyl halides is 3. The van der Waals surface area contributed by atoms with Crippen molar-refractivity contribution >= 4 is 23.4 Å². The molecule has 0 aliphatic carbocycles. The molecular weight excluding hydrogens is 289 g/mol. The predicted molar refractivity (Wildman–Crippen MR) is 74.4 cm³/mol. The van der Waals surface area contributed by atoms with Crippen molar-refractivity contribution in [2.24, 2.45) is 5.73 Å². The Hall–Kier alpha value is -1.44. The Balaban J connectivity index is 2.43. The molecule has 0 saturated carbocycles. The molecule has 4 nitrogen and oxygen atoms in total. The highest BCUT2D eigenvalue weighted by Crippen LogP contribution is 2.31. The number of nitrogens with one attached hydrogen (secondary N) is 1. The Morgan fingerprint density at radius 3 is 2.70 bits per heavy atom. The van der Waals surface area contributed by atoms with Gasteiger partial charge in [0.2, 0.25) is 0 Å². The second-order valence-electron chi connectivity index (χ2n) is 4.43. The van der Waals surface area contributed by atoms with E-state index < -0.39 is 11.9 Å². The third-order valence-electron chi connectivity index (χ3n) is 2.98. The smallest absolute Gasteiger partial charge is 0.384 e. The SMILES string of the molecule is N=C(N)c1ccc(C(F)(F)F)nc1N1CCCSCC1. The van der Waals surface area contributed by atoms with Crippen LogP contribution in [0.1, 0.15) is 17.7 Å². The van der Waals surface area contributed by atoms with E-state index in [1.165, 1.54) is 6.07 Å². The van der Waals surface area contributed by atoms with E-state index in [4.69, 9.17) is 11.1 Å². The maximum atomic E-state index is 12.8. The fourth-order valence-electron chi connectivity index (χ4n) is 2.02. The minimum absolute atomic E-state index is 0.162. The van der Waals surface area contributed by atoms with Crippen LogP contribution in [0, 0.1) is 5.41 Å². The van der Waals surface area contributed by atoms with Crippen LogP contribution in [0.5, 0.6) is 0 Å². The van der Waals surface area contributed by atoms with Gasteiger partial charge in [-0.05, 0) is 24.3 Å². The van der Waals surface area contributed by atoms with E-state index in [0.29, 0.717) is 13.1 Å². The molecule has 0 unspecified atom stereocenters. The van der Waals surface area contributed by atoms with E-state index >= 15 is 0 Å². The van der Waals surface area contributed by atoms with Gasteiger partial charge in [-0.3, -0.25) is 5.41 Å². The fourth-order valence-corrected chi connectivity index (χ4v) is 2.90. The van der Waals surface area contributed by atoms with Crippen LogP contribution in [-0.4, -0.2) is 35.4 Å². The van der Waals surface area contributed by atoms with Crippen LogP contribution in [-0.2, 0) is 6.18 Å². The molecule has 2 heterocycles. The van der Waals surface area contributed by atoms with Gasteiger partial charge in [-0.25, -0.2) is 4.98 Å². The van der Waals surface area contributed by atoms with Crippen molar-refractivity contribution in [3.8, 4) is 0 Å². The van der Waals surface area contributed by atoms with Crippen molar-refractivity contribution in [1.82, 2.24) is 4.98 Å². The van der Waals surface area contributed by atoms with Crippen LogP contribution < -0.4 is 10.6 Å². The number of rotatable bonds is 2. The van der Waals surface area contributed by atoms with Crippen molar-refractivity contribution in [3.05, 3.63) is 23.4 Å². The molecule has 1 saturated heterocycles. The molecule has 0 aromatic carbocycles. The first-order valence-electron chi connectivity index (χ1n) is 6.15. The highest BCUT2D eigenvalue weighted by atomic mass is 32.2. The molecule has 3 N–H and O–H groups in total. The van der Waals surface area contributed by atoms with Crippen molar-refractivity contribution in [3.63, 3.8) is 0 Å². The topological polar surface area (TPSA) is 66.0 Å². The van der Waals surface area contributed by atoms with Crippen LogP contribution >= 0.6 is 11.8 Å². The van der Waals surface area contributed by atoms with Crippen molar-refractivity contribution < 1.29 is 13.2 Å². The maximum absolute atomic E-state index is 12.8. The zero-order valence-electron chi connectivity index (χ0n) is 10.7. The lowest BCUT2D eigenvalue weighted by Gasteiger charge is -2.24. The molecule has 0 amide bonds. The first kappa shape index (κ1) is 15.0. The molecule has 2 rings (SSSR count). The number of halogens is 3. The van der Waals surface area contributed by atoms with Gasteiger partial charge in [0.15, 0.2) is 0 Å². The van der Waals surface area contributed by atoms with E-state index in [1.807, 2.05) is 0 Å². The summed E-state index contributed by atoms with van der Waals surface area (Å²) in [5, 5.41) is 7.50. The second kappa shape index (κ2) is 5.90. The Morgan fingerprint density at radius 2 is 2.05 bits per heavy atom. The quantitative estimate of drug-likeness (QED) is 0.650. The van der Waals surface area contributed by atoms with Crippen LogP contribution in [0.25, 0.3) is 0 Å². The van der Waals surface area contributed by atoms with E-state index in [9.17, 15) is 13.2 Å². The summed E-state index contributed by atoms with van der Waals surface area (Å²) in [5.74, 6) is 1.70. The number of pyridine rings is 1. The van der Waals surface area contributed by atoms with Gasteiger partial charge in [0, 0.05) is 18.8 Å². The highest BCUT2D eigenvalue weighted by Gasteiger charge is 2.34. The van der Waals surface area contributed by atoms with Crippen molar-refractivity contribution in [2.45, 2.75) is 12.6 Å². The number of nitrogens with zero attached hydrogens (tertiary/aromatic N) is 2. The number of aromatic nitrogens is 1. The second-order valence-corrected chi connectivity index (χ2v) is 5.66. The number of thioether (sulfide) groups is 1. The summed E-state index contributed by atoms with van der Waals surface area (Å²) in [6.07, 6.45) is -3.62. The lowest BCUT2D eigenvalue weighted by atomic mass is 10.2. The summed E-state index contributed by atoms with van der Waals surface area (Å²) in [4.78, 5) is 5.49. The maximum Gasteiger partial charge on any atom is 0.433 e. The van der Waals surface area contributed by atoms with E-state index in [0.717, 1.165) is 24.0 Å². The summed E-state index contributed by atoms with van der Waals surface area (Å²) in [7, 11) is 0. The van der Waals surface area contributed by atoms with E-state index in [1.54, 1.807) is 16.7 Å². The molecule has 8 heteroatoms. The summed E-state index contributed by atoms with van der Waals surface area (Å²) < 4.78 is 38.3. The lowest BCUT2D eigenvalue weighted by Crippen LogP contribution is -2.30. The molecule has 1 aliphatic rings. The van der Waals surface area contributed by atoms with Gasteiger partial charge >= 0.3 is 6.18 Å². The highest BCUT2D eigenvalue weighted by molar-refractivity contribution is 7.99. The Morgan fingerprint density at radius 1 is 1.30 bits per heavy atom. The third-order valence-corrected chi connectivity index (χ3v) is 4.03. The number of nitrogens with two attached hydrogens (primary N) is 1. The molecule has 0 bridgehead atoms. The molecule has 0 atom stereocenters. The average Bonchev–Trinajstić information content (AvgIpc) is 2.65. The summed E-state index contributed by atoms with van der Waals surface area (Å²) in [6.45, 7) is 1.24. The van der Waals surface area contributed by atoms with Gasteiger partial charge < -0.3 is 10.6 Å². The van der Waals surface area contributed by atoms with Crippen LogP contribution in [0.3, 0.4) is 0 Å². The number of nitrogen functional groups attached to an aromatic ring is 1. The average molecular weight is 304 g/mol. The Kier molecular flexibility index (Phi) is 4.42. The zero-order valence-corrected chi connectivity index (χ0v) is 11.5. The van der Waals surface area contributed by atoms with Crippen molar-refractivity contribution in [2.75, 3.05) is 29.5 Å². The number of hydrogen-bond acceptors (Lipinski definition) is 4. The monoisotopic (exact) mass is 304 g/mol. The summed E-state index contributed by atoms with van der Waals surface area (Å²) >= 11 is 1.76. The Bertz CT molecular complexity index is 496. The molecule has 1 aliphatic heterocycles. The number of amidine groups is 1. The van der Waals surface area contributed by atoms with Gasteiger partial charge in [0.05, 0.1) is 5.56 Å². The third kappa shape index (κ3) is 3.36. The lowest BCUT2D eigenvalue weighted by molar-refractivity contribution is -0.141. The largest absolute Gasteiger partial charge is 0.433 e. The summed E-state index contributed by atoms with van der Waals surface area (Å²) in [6, 6.07) is 2.10.